The van der Waals surface area contributed by atoms with E-state index in [0.29, 0.717) is 13.1 Å². The van der Waals surface area contributed by atoms with Gasteiger partial charge in [0.25, 0.3) is 0 Å². The first kappa shape index (κ1) is 14.3. The van der Waals surface area contributed by atoms with Crippen LogP contribution in [0.4, 0.5) is 0 Å². The molecule has 1 saturated heterocycles. The molecule has 0 aliphatic carbocycles. The van der Waals surface area contributed by atoms with E-state index in [1.165, 1.54) is 0 Å². The average Bonchev–Trinajstić information content (AvgIpc) is 2.90. The summed E-state index contributed by atoms with van der Waals surface area (Å²) in [6.07, 6.45) is -0.0967. The second-order valence-corrected chi connectivity index (χ2v) is 5.25. The van der Waals surface area contributed by atoms with Gasteiger partial charge in [0, 0.05) is 11.0 Å². The molecule has 2 atom stereocenters. The molecule has 1 aliphatic heterocycles. The minimum atomic E-state index is -0.252. The van der Waals surface area contributed by atoms with Gasteiger partial charge in [-0.15, -0.1) is 0 Å². The highest BCUT2D eigenvalue weighted by Gasteiger charge is 2.21. The Balaban J connectivity index is 1.75. The zero-order valence-electron chi connectivity index (χ0n) is 10.6. The van der Waals surface area contributed by atoms with Gasteiger partial charge in [-0.1, -0.05) is 22.0 Å². The zero-order valence-corrected chi connectivity index (χ0v) is 12.2. The maximum atomic E-state index is 11.7. The van der Waals surface area contributed by atoms with Crippen molar-refractivity contribution in [2.24, 2.45) is 0 Å². The number of hydrogen-bond donors (Lipinski definition) is 4. The minimum Gasteiger partial charge on any atom is -0.489 e. The molecule has 104 valence electrons. The molecule has 6 nitrogen and oxygen atoms in total. The number of amides is 1. The molecule has 1 aromatic rings. The van der Waals surface area contributed by atoms with Crippen LogP contribution in [0.25, 0.3) is 0 Å². The number of carbonyl (C=O) groups is 1. The van der Waals surface area contributed by atoms with Crippen molar-refractivity contribution in [3.63, 3.8) is 0 Å². The average molecular weight is 329 g/mol. The summed E-state index contributed by atoms with van der Waals surface area (Å²) in [5.74, 6) is 0.723. The van der Waals surface area contributed by atoms with Gasteiger partial charge >= 0.3 is 0 Å². The lowest BCUT2D eigenvalue weighted by Crippen LogP contribution is -2.46. The summed E-state index contributed by atoms with van der Waals surface area (Å²) in [5, 5.41) is 2.84. The number of benzene rings is 1. The third-order valence-corrected chi connectivity index (χ3v) is 3.15. The first-order valence-corrected chi connectivity index (χ1v) is 6.88. The molecule has 4 N–H and O–H groups in total. The molecule has 19 heavy (non-hydrogen) atoms. The summed E-state index contributed by atoms with van der Waals surface area (Å²) >= 11 is 3.39. The maximum Gasteiger partial charge on any atom is 0.240 e. The van der Waals surface area contributed by atoms with E-state index >= 15 is 0 Å². The molecular weight excluding hydrogens is 312 g/mol. The number of ether oxygens (including phenoxy) is 1. The summed E-state index contributed by atoms with van der Waals surface area (Å²) < 4.78 is 6.68. The van der Waals surface area contributed by atoms with Crippen molar-refractivity contribution in [1.82, 2.24) is 21.7 Å². The lowest BCUT2D eigenvalue weighted by molar-refractivity contribution is -0.122. The summed E-state index contributed by atoms with van der Waals surface area (Å²) in [6, 6.07) is 7.37. The number of halogens is 1. The number of hydrazine groups is 2. The van der Waals surface area contributed by atoms with Crippen molar-refractivity contribution >= 4 is 21.8 Å². The molecule has 0 spiro atoms. The Bertz CT molecular complexity index is 437. The van der Waals surface area contributed by atoms with E-state index in [9.17, 15) is 4.79 Å². The normalized spacial score (nSPS) is 20.0. The van der Waals surface area contributed by atoms with Gasteiger partial charge in [0.05, 0.1) is 6.54 Å². The fourth-order valence-corrected chi connectivity index (χ4v) is 2.06. The Morgan fingerprint density at radius 3 is 3.16 bits per heavy atom. The van der Waals surface area contributed by atoms with Crippen molar-refractivity contribution in [2.75, 3.05) is 13.1 Å². The second-order valence-electron chi connectivity index (χ2n) is 4.33. The van der Waals surface area contributed by atoms with Crippen LogP contribution in [0.3, 0.4) is 0 Å². The molecule has 1 aliphatic rings. The first-order valence-electron chi connectivity index (χ1n) is 6.08. The fourth-order valence-electron chi connectivity index (χ4n) is 1.68. The number of rotatable bonds is 5. The maximum absolute atomic E-state index is 11.7. The van der Waals surface area contributed by atoms with E-state index in [0.717, 1.165) is 10.2 Å². The molecule has 2 rings (SSSR count). The topological polar surface area (TPSA) is 74.4 Å². The molecular formula is C12H17BrN4O2. The monoisotopic (exact) mass is 328 g/mol. The smallest absolute Gasteiger partial charge is 0.240 e. The third kappa shape index (κ3) is 4.46. The molecule has 1 heterocycles. The van der Waals surface area contributed by atoms with Crippen molar-refractivity contribution < 1.29 is 9.53 Å². The summed E-state index contributed by atoms with van der Waals surface area (Å²) in [4.78, 5) is 11.7. The molecule has 0 aromatic heterocycles. The van der Waals surface area contributed by atoms with Gasteiger partial charge in [-0.2, -0.15) is 5.53 Å². The van der Waals surface area contributed by atoms with Crippen LogP contribution in [0.1, 0.15) is 6.92 Å². The zero-order chi connectivity index (χ0) is 13.7. The molecule has 2 unspecified atom stereocenters. The molecule has 7 heteroatoms. The van der Waals surface area contributed by atoms with Gasteiger partial charge in [-0.05, 0) is 25.1 Å². The highest BCUT2D eigenvalue weighted by molar-refractivity contribution is 9.10. The van der Waals surface area contributed by atoms with Crippen LogP contribution in [0.5, 0.6) is 5.75 Å². The van der Waals surface area contributed by atoms with E-state index in [2.05, 4.69) is 37.6 Å². The van der Waals surface area contributed by atoms with Crippen LogP contribution in [0, 0.1) is 0 Å². The van der Waals surface area contributed by atoms with Crippen molar-refractivity contribution in [1.29, 1.82) is 0 Å². The van der Waals surface area contributed by atoms with Crippen molar-refractivity contribution in [2.45, 2.75) is 19.1 Å². The summed E-state index contributed by atoms with van der Waals surface area (Å²) in [5.41, 5.74) is 8.34. The Labute approximate surface area is 120 Å². The van der Waals surface area contributed by atoms with Crippen LogP contribution in [0.15, 0.2) is 28.7 Å². The number of nitrogens with one attached hydrogen (secondary N) is 4. The first-order chi connectivity index (χ1) is 9.15. The minimum absolute atomic E-state index is 0.0535. The van der Waals surface area contributed by atoms with E-state index in [4.69, 9.17) is 4.74 Å². The summed E-state index contributed by atoms with van der Waals surface area (Å²) in [7, 11) is 0. The van der Waals surface area contributed by atoms with Gasteiger partial charge in [0.2, 0.25) is 5.91 Å². The van der Waals surface area contributed by atoms with Crippen LogP contribution in [0.2, 0.25) is 0 Å². The highest BCUT2D eigenvalue weighted by Crippen LogP contribution is 2.18. The molecule has 1 aromatic carbocycles. The SMILES string of the molecule is CC(CNC(=O)C1CNNN1)Oc1cccc(Br)c1. The van der Waals surface area contributed by atoms with Crippen LogP contribution in [-0.4, -0.2) is 31.1 Å². The van der Waals surface area contributed by atoms with E-state index in [1.54, 1.807) is 0 Å². The van der Waals surface area contributed by atoms with Gasteiger partial charge in [0.1, 0.15) is 17.9 Å². The van der Waals surface area contributed by atoms with Crippen molar-refractivity contribution in [3.05, 3.63) is 28.7 Å². The largest absolute Gasteiger partial charge is 0.489 e. The van der Waals surface area contributed by atoms with Crippen LogP contribution < -0.4 is 26.4 Å². The van der Waals surface area contributed by atoms with Gasteiger partial charge in [-0.25, -0.2) is 10.9 Å². The Kier molecular flexibility index (Phi) is 5.15. The quantitative estimate of drug-likeness (QED) is 0.626. The summed E-state index contributed by atoms with van der Waals surface area (Å²) in [6.45, 7) is 2.94. The highest BCUT2D eigenvalue weighted by atomic mass is 79.9. The van der Waals surface area contributed by atoms with Gasteiger partial charge in [-0.3, -0.25) is 4.79 Å². The number of hydrogen-bond acceptors (Lipinski definition) is 5. The van der Waals surface area contributed by atoms with Gasteiger partial charge < -0.3 is 10.1 Å². The van der Waals surface area contributed by atoms with E-state index in [1.807, 2.05) is 31.2 Å². The lowest BCUT2D eigenvalue weighted by atomic mass is 10.3. The van der Waals surface area contributed by atoms with E-state index < -0.39 is 0 Å². The Morgan fingerprint density at radius 1 is 1.63 bits per heavy atom. The second kappa shape index (κ2) is 6.85. The molecule has 0 radical (unpaired) electrons. The Hall–Kier alpha value is -1.15. The molecule has 1 amide bonds. The van der Waals surface area contributed by atoms with E-state index in [-0.39, 0.29) is 18.1 Å². The molecule has 1 fully saturated rings. The molecule has 0 bridgehead atoms. The standard InChI is InChI=1S/C12H17BrN4O2/c1-8(19-10-4-2-3-9(13)5-10)6-14-12(18)11-7-15-17-16-11/h2-5,8,11,15-17H,6-7H2,1H3,(H,14,18). The van der Waals surface area contributed by atoms with Crippen molar-refractivity contribution in [3.8, 4) is 5.75 Å². The Morgan fingerprint density at radius 2 is 2.47 bits per heavy atom. The third-order valence-electron chi connectivity index (χ3n) is 2.65. The van der Waals surface area contributed by atoms with Gasteiger partial charge in [0.15, 0.2) is 0 Å². The van der Waals surface area contributed by atoms with Crippen LogP contribution >= 0.6 is 15.9 Å². The lowest BCUT2D eigenvalue weighted by Gasteiger charge is -2.17. The predicted molar refractivity (Wildman–Crippen MR) is 75.3 cm³/mol. The fraction of sp³-hybridized carbons (Fsp3) is 0.417. The molecule has 0 saturated carbocycles. The number of carbonyl (C=O) groups excluding carboxylic acids is 1. The predicted octanol–water partition coefficient (Wildman–Crippen LogP) is 0.314. The van der Waals surface area contributed by atoms with Crippen LogP contribution in [-0.2, 0) is 4.79 Å².